The molecule has 0 unspecified atom stereocenters. The second kappa shape index (κ2) is 5.92. The van der Waals surface area contributed by atoms with Crippen molar-refractivity contribution in [2.45, 2.75) is 20.3 Å². The van der Waals surface area contributed by atoms with E-state index in [2.05, 4.69) is 12.4 Å². The van der Waals surface area contributed by atoms with Crippen molar-refractivity contribution in [3.05, 3.63) is 0 Å². The third-order valence-electron chi connectivity index (χ3n) is 0.535. The van der Waals surface area contributed by atoms with Crippen LogP contribution in [-0.2, 0) is 4.84 Å². The van der Waals surface area contributed by atoms with E-state index in [1.54, 1.807) is 0 Å². The Labute approximate surface area is 44.8 Å². The molecule has 1 radical (unpaired) electrons. The molecule has 2 heteroatoms. The molecule has 0 aromatic heterocycles. The van der Waals surface area contributed by atoms with Crippen LogP contribution >= 0.6 is 0 Å². The van der Waals surface area contributed by atoms with Crippen molar-refractivity contribution in [3.8, 4) is 0 Å². The quantitative estimate of drug-likeness (QED) is 0.383. The zero-order valence-corrected chi connectivity index (χ0v) is 4.98. The Morgan fingerprint density at radius 2 is 2.14 bits per heavy atom. The number of hydrogen-bond acceptors (Lipinski definition) is 1. The van der Waals surface area contributed by atoms with Gasteiger partial charge in [0, 0.05) is 6.54 Å². The Bertz CT molecular complexity index is 27.3. The summed E-state index contributed by atoms with van der Waals surface area (Å²) in [5.74, 6) is 0. The zero-order chi connectivity index (χ0) is 5.54. The molecular formula is C5H12NO. The summed E-state index contributed by atoms with van der Waals surface area (Å²) < 4.78 is 0. The van der Waals surface area contributed by atoms with Gasteiger partial charge in [0.05, 0.1) is 6.61 Å². The molecular weight excluding hydrogens is 90.1 g/mol. The molecule has 0 aromatic carbocycles. The van der Waals surface area contributed by atoms with Crippen molar-refractivity contribution in [1.82, 2.24) is 5.48 Å². The lowest BCUT2D eigenvalue weighted by atomic mass is 10.5. The van der Waals surface area contributed by atoms with Gasteiger partial charge in [-0.3, -0.25) is 4.84 Å². The van der Waals surface area contributed by atoms with Crippen LogP contribution in [0.5, 0.6) is 0 Å². The smallest absolute Gasteiger partial charge is 0.0674 e. The Hall–Kier alpha value is -0.0800. The minimum Gasteiger partial charge on any atom is -0.282 e. The molecule has 0 atom stereocenters. The molecule has 0 N–H and O–H groups in total. The highest BCUT2D eigenvalue weighted by atomic mass is 16.6. The van der Waals surface area contributed by atoms with Crippen LogP contribution in [0.2, 0.25) is 0 Å². The molecule has 0 amide bonds. The first-order valence-corrected chi connectivity index (χ1v) is 2.70. The fourth-order valence-corrected chi connectivity index (χ4v) is 0.247. The molecule has 0 spiro atoms. The van der Waals surface area contributed by atoms with Gasteiger partial charge in [0.25, 0.3) is 0 Å². The Morgan fingerprint density at radius 1 is 1.43 bits per heavy atom. The first kappa shape index (κ1) is 6.92. The van der Waals surface area contributed by atoms with Gasteiger partial charge < -0.3 is 0 Å². The lowest BCUT2D eigenvalue weighted by Gasteiger charge is -1.93. The van der Waals surface area contributed by atoms with Crippen LogP contribution in [0.1, 0.15) is 20.3 Å². The van der Waals surface area contributed by atoms with E-state index in [1.165, 1.54) is 0 Å². The molecule has 7 heavy (non-hydrogen) atoms. The van der Waals surface area contributed by atoms with Gasteiger partial charge in [0.2, 0.25) is 0 Å². The fraction of sp³-hybridized carbons (Fsp3) is 1.00. The van der Waals surface area contributed by atoms with Crippen LogP contribution in [0.4, 0.5) is 0 Å². The van der Waals surface area contributed by atoms with E-state index in [0.29, 0.717) is 6.61 Å². The Morgan fingerprint density at radius 3 is 2.57 bits per heavy atom. The summed E-state index contributed by atoms with van der Waals surface area (Å²) >= 11 is 0. The van der Waals surface area contributed by atoms with Crippen molar-refractivity contribution in [2.75, 3.05) is 13.2 Å². The van der Waals surface area contributed by atoms with Crippen LogP contribution in [0.15, 0.2) is 0 Å². The summed E-state index contributed by atoms with van der Waals surface area (Å²) in [6, 6.07) is 0. The molecule has 0 aromatic rings. The molecule has 0 saturated heterocycles. The molecule has 0 bridgehead atoms. The summed E-state index contributed by atoms with van der Waals surface area (Å²) in [5.41, 5.74) is 3.71. The fourth-order valence-electron chi connectivity index (χ4n) is 0.247. The summed E-state index contributed by atoms with van der Waals surface area (Å²) in [6.45, 7) is 5.52. The summed E-state index contributed by atoms with van der Waals surface area (Å²) in [7, 11) is 0. The SMILES string of the molecule is CCC[N]OCC. The largest absolute Gasteiger partial charge is 0.282 e. The van der Waals surface area contributed by atoms with Crippen molar-refractivity contribution in [1.29, 1.82) is 0 Å². The summed E-state index contributed by atoms with van der Waals surface area (Å²) in [6.07, 6.45) is 1.07. The summed E-state index contributed by atoms with van der Waals surface area (Å²) in [5, 5.41) is 0. The number of nitrogens with zero attached hydrogens (tertiary/aromatic N) is 1. The molecule has 0 aliphatic rings. The summed E-state index contributed by atoms with van der Waals surface area (Å²) in [4.78, 5) is 4.70. The van der Waals surface area contributed by atoms with Gasteiger partial charge in [-0.2, -0.15) is 0 Å². The average molecular weight is 102 g/mol. The van der Waals surface area contributed by atoms with E-state index >= 15 is 0 Å². The van der Waals surface area contributed by atoms with Gasteiger partial charge in [-0.1, -0.05) is 12.4 Å². The van der Waals surface area contributed by atoms with E-state index in [1.807, 2.05) is 6.92 Å². The Kier molecular flexibility index (Phi) is 5.85. The predicted octanol–water partition coefficient (Wildman–Crippen LogP) is 0.952. The van der Waals surface area contributed by atoms with Crippen LogP contribution in [0.3, 0.4) is 0 Å². The van der Waals surface area contributed by atoms with Gasteiger partial charge >= 0.3 is 0 Å². The third kappa shape index (κ3) is 5.92. The molecule has 0 aliphatic heterocycles. The second-order valence-corrected chi connectivity index (χ2v) is 1.27. The normalized spacial score (nSPS) is 9.43. The molecule has 43 valence electrons. The van der Waals surface area contributed by atoms with Crippen molar-refractivity contribution >= 4 is 0 Å². The predicted molar refractivity (Wildman–Crippen MR) is 28.9 cm³/mol. The number of hydrogen-bond donors (Lipinski definition) is 0. The minimum absolute atomic E-state index is 0.694. The molecule has 0 saturated carbocycles. The monoisotopic (exact) mass is 102 g/mol. The van der Waals surface area contributed by atoms with Gasteiger partial charge in [-0.05, 0) is 13.3 Å². The second-order valence-electron chi connectivity index (χ2n) is 1.27. The zero-order valence-electron chi connectivity index (χ0n) is 4.98. The Balaban J connectivity index is 2.45. The van der Waals surface area contributed by atoms with E-state index < -0.39 is 0 Å². The standard InChI is InChI=1S/C5H12NO/c1-3-5-6-7-4-2/h3-5H2,1-2H3. The highest BCUT2D eigenvalue weighted by molar-refractivity contribution is 4.24. The number of rotatable bonds is 4. The van der Waals surface area contributed by atoms with E-state index in [4.69, 9.17) is 4.84 Å². The molecule has 0 aliphatic carbocycles. The maximum Gasteiger partial charge on any atom is 0.0674 e. The van der Waals surface area contributed by atoms with Crippen molar-refractivity contribution in [2.24, 2.45) is 0 Å². The average Bonchev–Trinajstić information content (AvgIpc) is 1.69. The van der Waals surface area contributed by atoms with Gasteiger partial charge in [0.1, 0.15) is 0 Å². The van der Waals surface area contributed by atoms with Crippen molar-refractivity contribution < 1.29 is 4.84 Å². The van der Waals surface area contributed by atoms with Gasteiger partial charge in [-0.25, -0.2) is 0 Å². The van der Waals surface area contributed by atoms with Gasteiger partial charge in [0.15, 0.2) is 0 Å². The van der Waals surface area contributed by atoms with Crippen LogP contribution in [0, 0.1) is 0 Å². The lowest BCUT2D eigenvalue weighted by molar-refractivity contribution is 0.0428. The van der Waals surface area contributed by atoms with Gasteiger partial charge in [-0.15, -0.1) is 0 Å². The van der Waals surface area contributed by atoms with Crippen LogP contribution < -0.4 is 5.48 Å². The third-order valence-corrected chi connectivity index (χ3v) is 0.535. The minimum atomic E-state index is 0.694. The maximum atomic E-state index is 4.70. The first-order chi connectivity index (χ1) is 3.41. The van der Waals surface area contributed by atoms with Crippen LogP contribution in [0.25, 0.3) is 0 Å². The van der Waals surface area contributed by atoms with E-state index in [9.17, 15) is 0 Å². The number of hydroxylamine groups is 1. The molecule has 0 rings (SSSR count). The van der Waals surface area contributed by atoms with Crippen LogP contribution in [-0.4, -0.2) is 13.2 Å². The molecule has 0 fully saturated rings. The van der Waals surface area contributed by atoms with E-state index in [0.717, 1.165) is 13.0 Å². The maximum absolute atomic E-state index is 4.70. The highest BCUT2D eigenvalue weighted by Gasteiger charge is 1.78. The molecule has 2 nitrogen and oxygen atoms in total. The molecule has 0 heterocycles. The lowest BCUT2D eigenvalue weighted by Crippen LogP contribution is -2.05. The van der Waals surface area contributed by atoms with Crippen molar-refractivity contribution in [3.63, 3.8) is 0 Å². The topological polar surface area (TPSA) is 23.3 Å². The first-order valence-electron chi connectivity index (χ1n) is 2.70. The highest BCUT2D eigenvalue weighted by Crippen LogP contribution is 1.72. The van der Waals surface area contributed by atoms with E-state index in [-0.39, 0.29) is 0 Å².